The zero-order valence-electron chi connectivity index (χ0n) is 17.4. The molecule has 1 fully saturated rings. The van der Waals surface area contributed by atoms with Crippen LogP contribution in [0, 0.1) is 0 Å². The van der Waals surface area contributed by atoms with E-state index < -0.39 is 0 Å². The van der Waals surface area contributed by atoms with Crippen LogP contribution < -0.4 is 19.5 Å². The third kappa shape index (κ3) is 5.01. The van der Waals surface area contributed by atoms with Crippen molar-refractivity contribution in [3.8, 4) is 17.2 Å². The molecule has 0 saturated carbocycles. The summed E-state index contributed by atoms with van der Waals surface area (Å²) >= 11 is 0. The predicted molar refractivity (Wildman–Crippen MR) is 113 cm³/mol. The number of ether oxygens (including phenoxy) is 3. The molecule has 0 aliphatic carbocycles. The number of likely N-dealkylation sites (tertiary alicyclic amines) is 1. The molecule has 0 bridgehead atoms. The molecule has 0 radical (unpaired) electrons. The van der Waals surface area contributed by atoms with Gasteiger partial charge in [-0.2, -0.15) is 0 Å². The van der Waals surface area contributed by atoms with Crippen LogP contribution in [0.3, 0.4) is 0 Å². The smallest absolute Gasteiger partial charge is 0.251 e. The normalized spacial score (nSPS) is 15.4. The van der Waals surface area contributed by atoms with Gasteiger partial charge in [-0.3, -0.25) is 9.69 Å². The van der Waals surface area contributed by atoms with Crippen LogP contribution in [0.2, 0.25) is 0 Å². The molecule has 1 unspecified atom stereocenters. The minimum absolute atomic E-state index is 0.0653. The summed E-state index contributed by atoms with van der Waals surface area (Å²) in [4.78, 5) is 15.3. The third-order valence-corrected chi connectivity index (χ3v) is 5.43. The van der Waals surface area contributed by atoms with Crippen molar-refractivity contribution >= 4 is 5.91 Å². The maximum atomic E-state index is 12.8. The Morgan fingerprint density at radius 3 is 2.31 bits per heavy atom. The summed E-state index contributed by atoms with van der Waals surface area (Å²) in [5, 5.41) is 3.10. The number of amides is 1. The molecule has 156 valence electrons. The Hall–Kier alpha value is -2.73. The van der Waals surface area contributed by atoms with Gasteiger partial charge in [-0.25, -0.2) is 0 Å². The summed E-state index contributed by atoms with van der Waals surface area (Å²) in [6.45, 7) is 2.55. The van der Waals surface area contributed by atoms with Crippen LogP contribution in [0.5, 0.6) is 17.2 Å². The van der Waals surface area contributed by atoms with Crippen molar-refractivity contribution in [1.82, 2.24) is 10.2 Å². The van der Waals surface area contributed by atoms with Crippen molar-refractivity contribution in [2.24, 2.45) is 0 Å². The Morgan fingerprint density at radius 1 is 0.931 bits per heavy atom. The summed E-state index contributed by atoms with van der Waals surface area (Å²) in [5.74, 6) is 1.85. The first-order chi connectivity index (χ1) is 14.2. The Kier molecular flexibility index (Phi) is 7.36. The maximum absolute atomic E-state index is 12.8. The Labute approximate surface area is 172 Å². The zero-order chi connectivity index (χ0) is 20.6. The van der Waals surface area contributed by atoms with E-state index in [9.17, 15) is 4.79 Å². The van der Waals surface area contributed by atoms with E-state index >= 15 is 0 Å². The molecule has 6 heteroatoms. The van der Waals surface area contributed by atoms with Crippen LogP contribution in [0.4, 0.5) is 0 Å². The summed E-state index contributed by atoms with van der Waals surface area (Å²) in [6.07, 6.45) is 3.61. The van der Waals surface area contributed by atoms with Gasteiger partial charge in [-0.15, -0.1) is 0 Å². The van der Waals surface area contributed by atoms with Crippen molar-refractivity contribution in [1.29, 1.82) is 0 Å². The van der Waals surface area contributed by atoms with Gasteiger partial charge in [0.25, 0.3) is 5.91 Å². The highest BCUT2D eigenvalue weighted by Crippen LogP contribution is 2.31. The number of rotatable bonds is 8. The molecule has 3 rings (SSSR count). The van der Waals surface area contributed by atoms with Crippen LogP contribution in [0.25, 0.3) is 0 Å². The van der Waals surface area contributed by atoms with E-state index in [1.54, 1.807) is 39.5 Å². The lowest BCUT2D eigenvalue weighted by Gasteiger charge is -2.35. The summed E-state index contributed by atoms with van der Waals surface area (Å²) < 4.78 is 16.2. The van der Waals surface area contributed by atoms with Crippen molar-refractivity contribution in [3.63, 3.8) is 0 Å². The van der Waals surface area contributed by atoms with Gasteiger partial charge in [0.15, 0.2) is 11.5 Å². The third-order valence-electron chi connectivity index (χ3n) is 5.43. The number of carbonyl (C=O) groups is 1. The number of piperidine rings is 1. The number of carbonyl (C=O) groups excluding carboxylic acids is 1. The molecular formula is C23H30N2O4. The lowest BCUT2D eigenvalue weighted by atomic mass is 10.0. The Balaban J connectivity index is 1.78. The van der Waals surface area contributed by atoms with Crippen LogP contribution in [-0.4, -0.2) is 51.8 Å². The van der Waals surface area contributed by atoms with Crippen LogP contribution in [0.1, 0.15) is 41.2 Å². The van der Waals surface area contributed by atoms with E-state index in [2.05, 4.69) is 16.3 Å². The van der Waals surface area contributed by atoms with Crippen LogP contribution >= 0.6 is 0 Å². The molecule has 1 amide bonds. The number of methoxy groups -OCH3 is 3. The SMILES string of the molecule is COc1ccc(C(=O)NCC(c2ccccc2OC)N2CCCCC2)cc1OC. The molecule has 1 heterocycles. The van der Waals surface area contributed by atoms with Gasteiger partial charge in [0.1, 0.15) is 5.75 Å². The fraction of sp³-hybridized carbons (Fsp3) is 0.435. The second-order valence-electron chi connectivity index (χ2n) is 7.13. The van der Waals surface area contributed by atoms with E-state index in [1.165, 1.54) is 19.3 Å². The minimum atomic E-state index is -0.136. The molecule has 1 saturated heterocycles. The van der Waals surface area contributed by atoms with Crippen molar-refractivity contribution < 1.29 is 19.0 Å². The van der Waals surface area contributed by atoms with E-state index in [4.69, 9.17) is 14.2 Å². The van der Waals surface area contributed by atoms with Gasteiger partial charge in [-0.1, -0.05) is 24.6 Å². The Morgan fingerprint density at radius 2 is 1.62 bits per heavy atom. The number of para-hydroxylation sites is 1. The summed E-state index contributed by atoms with van der Waals surface area (Å²) in [5.41, 5.74) is 1.64. The largest absolute Gasteiger partial charge is 0.496 e. The van der Waals surface area contributed by atoms with Gasteiger partial charge < -0.3 is 19.5 Å². The molecule has 1 N–H and O–H groups in total. The zero-order valence-corrected chi connectivity index (χ0v) is 17.4. The molecule has 6 nitrogen and oxygen atoms in total. The average Bonchev–Trinajstić information content (AvgIpc) is 2.79. The van der Waals surface area contributed by atoms with E-state index in [-0.39, 0.29) is 11.9 Å². The molecule has 1 aliphatic heterocycles. The maximum Gasteiger partial charge on any atom is 0.251 e. The van der Waals surface area contributed by atoms with E-state index in [0.717, 1.165) is 24.4 Å². The van der Waals surface area contributed by atoms with Crippen LogP contribution in [-0.2, 0) is 0 Å². The molecule has 2 aromatic rings. The van der Waals surface area contributed by atoms with Crippen molar-refractivity contribution in [2.75, 3.05) is 41.0 Å². The first kappa shape index (κ1) is 21.0. The minimum Gasteiger partial charge on any atom is -0.496 e. The van der Waals surface area contributed by atoms with Crippen molar-refractivity contribution in [3.05, 3.63) is 53.6 Å². The highest BCUT2D eigenvalue weighted by atomic mass is 16.5. The standard InChI is InChI=1S/C23H30N2O4/c1-27-20-10-6-5-9-18(20)19(25-13-7-4-8-14-25)16-24-23(26)17-11-12-21(28-2)22(15-17)29-3/h5-6,9-12,15,19H,4,7-8,13-14,16H2,1-3H3,(H,24,26). The quantitative estimate of drug-likeness (QED) is 0.735. The first-order valence-electron chi connectivity index (χ1n) is 10.0. The summed E-state index contributed by atoms with van der Waals surface area (Å²) in [6, 6.07) is 13.3. The molecular weight excluding hydrogens is 368 g/mol. The lowest BCUT2D eigenvalue weighted by molar-refractivity contribution is 0.0923. The van der Waals surface area contributed by atoms with E-state index in [1.807, 2.05) is 18.2 Å². The molecule has 29 heavy (non-hydrogen) atoms. The van der Waals surface area contributed by atoms with Crippen molar-refractivity contribution in [2.45, 2.75) is 25.3 Å². The second kappa shape index (κ2) is 10.2. The highest BCUT2D eigenvalue weighted by molar-refractivity contribution is 5.94. The van der Waals surface area contributed by atoms with Gasteiger partial charge >= 0.3 is 0 Å². The second-order valence-corrected chi connectivity index (χ2v) is 7.13. The van der Waals surface area contributed by atoms with Gasteiger partial charge in [0.2, 0.25) is 0 Å². The first-order valence-corrected chi connectivity index (χ1v) is 10.0. The number of hydrogen-bond acceptors (Lipinski definition) is 5. The number of hydrogen-bond donors (Lipinski definition) is 1. The fourth-order valence-corrected chi connectivity index (χ4v) is 3.88. The molecule has 1 aliphatic rings. The summed E-state index contributed by atoms with van der Waals surface area (Å²) in [7, 11) is 4.83. The average molecular weight is 399 g/mol. The topological polar surface area (TPSA) is 60.0 Å². The van der Waals surface area contributed by atoms with Gasteiger partial charge in [0.05, 0.1) is 27.4 Å². The van der Waals surface area contributed by atoms with Gasteiger partial charge in [0, 0.05) is 17.7 Å². The molecule has 0 aromatic heterocycles. The van der Waals surface area contributed by atoms with Crippen LogP contribution in [0.15, 0.2) is 42.5 Å². The number of benzene rings is 2. The molecule has 0 spiro atoms. The molecule has 2 aromatic carbocycles. The lowest BCUT2D eigenvalue weighted by Crippen LogP contribution is -2.40. The number of nitrogens with zero attached hydrogens (tertiary/aromatic N) is 1. The monoisotopic (exact) mass is 398 g/mol. The van der Waals surface area contributed by atoms with Gasteiger partial charge in [-0.05, 0) is 50.2 Å². The highest BCUT2D eigenvalue weighted by Gasteiger charge is 2.25. The number of nitrogens with one attached hydrogen (secondary N) is 1. The molecule has 1 atom stereocenters. The Bertz CT molecular complexity index is 818. The van der Waals surface area contributed by atoms with E-state index in [0.29, 0.717) is 23.6 Å². The fourth-order valence-electron chi connectivity index (χ4n) is 3.88. The predicted octanol–water partition coefficient (Wildman–Crippen LogP) is 3.67.